The molecule has 0 spiro atoms. The van der Waals surface area contributed by atoms with Gasteiger partial charge in [-0.25, -0.2) is 0 Å². The SMILES string of the molecule is CCN(CC)Cc1ccc(NC(=O)c2ccc(OC)c(I)c2)cc1. The molecular weight excluding hydrogens is 415 g/mol. The minimum atomic E-state index is -0.118. The highest BCUT2D eigenvalue weighted by molar-refractivity contribution is 14.1. The Balaban J connectivity index is 2.02. The largest absolute Gasteiger partial charge is 0.496 e. The van der Waals surface area contributed by atoms with Crippen LogP contribution in [0.3, 0.4) is 0 Å². The summed E-state index contributed by atoms with van der Waals surface area (Å²) in [5, 5.41) is 2.93. The van der Waals surface area contributed by atoms with Crippen molar-refractivity contribution in [3.05, 3.63) is 57.2 Å². The number of nitrogens with one attached hydrogen (secondary N) is 1. The molecule has 0 bridgehead atoms. The molecule has 0 atom stereocenters. The Kier molecular flexibility index (Phi) is 7.05. The Morgan fingerprint density at radius 2 is 1.79 bits per heavy atom. The average molecular weight is 438 g/mol. The van der Waals surface area contributed by atoms with E-state index >= 15 is 0 Å². The first-order chi connectivity index (χ1) is 11.6. The fourth-order valence-electron chi connectivity index (χ4n) is 2.41. The van der Waals surface area contributed by atoms with Crippen LogP contribution in [0.4, 0.5) is 5.69 Å². The van der Waals surface area contributed by atoms with E-state index < -0.39 is 0 Å². The van der Waals surface area contributed by atoms with Crippen LogP contribution < -0.4 is 10.1 Å². The highest BCUT2D eigenvalue weighted by Crippen LogP contribution is 2.22. The van der Waals surface area contributed by atoms with Gasteiger partial charge in [-0.15, -0.1) is 0 Å². The Bertz CT molecular complexity index is 682. The maximum Gasteiger partial charge on any atom is 0.255 e. The van der Waals surface area contributed by atoms with Gasteiger partial charge in [0.2, 0.25) is 0 Å². The molecule has 0 saturated carbocycles. The number of rotatable bonds is 7. The third kappa shape index (κ3) is 4.95. The standard InChI is InChI=1S/C19H23IN2O2/c1-4-22(5-2)13-14-6-9-16(10-7-14)21-19(23)15-8-11-18(24-3)17(20)12-15/h6-12H,4-5,13H2,1-3H3,(H,21,23). The van der Waals surface area contributed by atoms with E-state index in [4.69, 9.17) is 4.74 Å². The van der Waals surface area contributed by atoms with Gasteiger partial charge in [0.05, 0.1) is 10.7 Å². The van der Waals surface area contributed by atoms with Crippen LogP contribution in [0, 0.1) is 3.57 Å². The predicted molar refractivity (Wildman–Crippen MR) is 107 cm³/mol. The molecule has 0 aromatic heterocycles. The lowest BCUT2D eigenvalue weighted by molar-refractivity contribution is 0.102. The molecule has 1 N–H and O–H groups in total. The first-order valence-corrected chi connectivity index (χ1v) is 9.11. The summed E-state index contributed by atoms with van der Waals surface area (Å²) >= 11 is 2.16. The van der Waals surface area contributed by atoms with Crippen molar-refractivity contribution in [3.8, 4) is 5.75 Å². The van der Waals surface area contributed by atoms with Crippen molar-refractivity contribution in [1.82, 2.24) is 4.90 Å². The number of nitrogens with zero attached hydrogens (tertiary/aromatic N) is 1. The lowest BCUT2D eigenvalue weighted by atomic mass is 10.1. The van der Waals surface area contributed by atoms with Crippen molar-refractivity contribution in [1.29, 1.82) is 0 Å². The van der Waals surface area contributed by atoms with Crippen molar-refractivity contribution < 1.29 is 9.53 Å². The highest BCUT2D eigenvalue weighted by atomic mass is 127. The summed E-state index contributed by atoms with van der Waals surface area (Å²) in [6.45, 7) is 7.32. The number of anilines is 1. The summed E-state index contributed by atoms with van der Waals surface area (Å²) in [6, 6.07) is 13.4. The van der Waals surface area contributed by atoms with Gasteiger partial charge in [-0.3, -0.25) is 9.69 Å². The molecule has 0 fully saturated rings. The van der Waals surface area contributed by atoms with E-state index in [-0.39, 0.29) is 5.91 Å². The molecule has 2 rings (SSSR count). The number of amides is 1. The van der Waals surface area contributed by atoms with Crippen LogP contribution in [-0.2, 0) is 6.54 Å². The molecule has 2 aromatic carbocycles. The van der Waals surface area contributed by atoms with Crippen LogP contribution in [0.1, 0.15) is 29.8 Å². The second-order valence-corrected chi connectivity index (χ2v) is 6.62. The van der Waals surface area contributed by atoms with Crippen molar-refractivity contribution in [2.45, 2.75) is 20.4 Å². The van der Waals surface area contributed by atoms with Crippen molar-refractivity contribution in [2.75, 3.05) is 25.5 Å². The number of hydrogen-bond donors (Lipinski definition) is 1. The van der Waals surface area contributed by atoms with Gasteiger partial charge in [-0.2, -0.15) is 0 Å². The van der Waals surface area contributed by atoms with Crippen LogP contribution in [-0.4, -0.2) is 31.0 Å². The van der Waals surface area contributed by atoms with E-state index in [0.29, 0.717) is 5.56 Å². The molecule has 4 nitrogen and oxygen atoms in total. The molecule has 0 aliphatic heterocycles. The Labute approximate surface area is 157 Å². The lowest BCUT2D eigenvalue weighted by Gasteiger charge is -2.18. The van der Waals surface area contributed by atoms with Crippen LogP contribution in [0.15, 0.2) is 42.5 Å². The van der Waals surface area contributed by atoms with Gasteiger partial charge in [0.1, 0.15) is 5.75 Å². The van der Waals surface area contributed by atoms with Gasteiger partial charge in [0.25, 0.3) is 5.91 Å². The predicted octanol–water partition coefficient (Wildman–Crippen LogP) is 4.39. The third-order valence-electron chi connectivity index (χ3n) is 3.93. The van der Waals surface area contributed by atoms with Crippen LogP contribution in [0.5, 0.6) is 5.75 Å². The summed E-state index contributed by atoms with van der Waals surface area (Å²) in [4.78, 5) is 14.7. The third-order valence-corrected chi connectivity index (χ3v) is 4.77. The first-order valence-electron chi connectivity index (χ1n) is 8.03. The fourth-order valence-corrected chi connectivity index (χ4v) is 3.15. The zero-order valence-corrected chi connectivity index (χ0v) is 16.5. The normalized spacial score (nSPS) is 10.7. The zero-order valence-electron chi connectivity index (χ0n) is 14.3. The molecule has 0 radical (unpaired) electrons. The Hall–Kier alpha value is -1.60. The van der Waals surface area contributed by atoms with Crippen molar-refractivity contribution in [2.24, 2.45) is 0 Å². The van der Waals surface area contributed by atoms with Gasteiger partial charge in [-0.1, -0.05) is 26.0 Å². The number of benzene rings is 2. The van der Waals surface area contributed by atoms with E-state index in [1.165, 1.54) is 5.56 Å². The molecular formula is C19H23IN2O2. The number of carbonyl (C=O) groups is 1. The van der Waals surface area contributed by atoms with Gasteiger partial charge in [-0.05, 0) is 71.6 Å². The van der Waals surface area contributed by atoms with E-state index in [1.54, 1.807) is 13.2 Å². The number of halogens is 1. The summed E-state index contributed by atoms with van der Waals surface area (Å²) in [6.07, 6.45) is 0. The van der Waals surface area contributed by atoms with Gasteiger partial charge in [0.15, 0.2) is 0 Å². The molecule has 0 saturated heterocycles. The average Bonchev–Trinajstić information content (AvgIpc) is 2.60. The summed E-state index contributed by atoms with van der Waals surface area (Å²) < 4.78 is 6.13. The topological polar surface area (TPSA) is 41.6 Å². The fraction of sp³-hybridized carbons (Fsp3) is 0.316. The monoisotopic (exact) mass is 438 g/mol. The zero-order chi connectivity index (χ0) is 17.5. The van der Waals surface area contributed by atoms with E-state index in [1.807, 2.05) is 24.3 Å². The molecule has 0 aliphatic carbocycles. The van der Waals surface area contributed by atoms with Crippen LogP contribution in [0.25, 0.3) is 0 Å². The molecule has 0 unspecified atom stereocenters. The minimum absolute atomic E-state index is 0.118. The van der Waals surface area contributed by atoms with Gasteiger partial charge in [0, 0.05) is 17.8 Å². The van der Waals surface area contributed by atoms with Crippen molar-refractivity contribution >= 4 is 34.2 Å². The van der Waals surface area contributed by atoms with E-state index in [0.717, 1.165) is 34.6 Å². The van der Waals surface area contributed by atoms with Crippen LogP contribution >= 0.6 is 22.6 Å². The Morgan fingerprint density at radius 3 is 2.33 bits per heavy atom. The summed E-state index contributed by atoms with van der Waals surface area (Å²) in [5.74, 6) is 0.653. The smallest absolute Gasteiger partial charge is 0.255 e. The molecule has 0 aliphatic rings. The lowest BCUT2D eigenvalue weighted by Crippen LogP contribution is -2.22. The molecule has 5 heteroatoms. The number of hydrogen-bond acceptors (Lipinski definition) is 3. The van der Waals surface area contributed by atoms with Gasteiger partial charge < -0.3 is 10.1 Å². The number of carbonyl (C=O) groups excluding carboxylic acids is 1. The van der Waals surface area contributed by atoms with Crippen molar-refractivity contribution in [3.63, 3.8) is 0 Å². The second-order valence-electron chi connectivity index (χ2n) is 5.46. The van der Waals surface area contributed by atoms with E-state index in [2.05, 4.69) is 58.8 Å². The first kappa shape index (κ1) is 18.7. The molecule has 2 aromatic rings. The van der Waals surface area contributed by atoms with Gasteiger partial charge >= 0.3 is 0 Å². The summed E-state index contributed by atoms with van der Waals surface area (Å²) in [7, 11) is 1.62. The molecule has 1 amide bonds. The Morgan fingerprint density at radius 1 is 1.12 bits per heavy atom. The number of ether oxygens (including phenoxy) is 1. The van der Waals surface area contributed by atoms with E-state index in [9.17, 15) is 4.79 Å². The maximum atomic E-state index is 12.4. The minimum Gasteiger partial charge on any atom is -0.496 e. The quantitative estimate of drug-likeness (QED) is 0.652. The second kappa shape index (κ2) is 9.03. The molecule has 128 valence electrons. The highest BCUT2D eigenvalue weighted by Gasteiger charge is 2.09. The molecule has 0 heterocycles. The molecule has 24 heavy (non-hydrogen) atoms. The maximum absolute atomic E-state index is 12.4. The van der Waals surface area contributed by atoms with Crippen LogP contribution in [0.2, 0.25) is 0 Å². The summed E-state index contributed by atoms with van der Waals surface area (Å²) in [5.41, 5.74) is 2.66. The number of methoxy groups -OCH3 is 1.